The first-order valence-corrected chi connectivity index (χ1v) is 8.34. The van der Waals surface area contributed by atoms with E-state index < -0.39 is 0 Å². The fraction of sp³-hybridized carbons (Fsp3) is 0.611. The fourth-order valence-electron chi connectivity index (χ4n) is 3.24. The van der Waals surface area contributed by atoms with Gasteiger partial charge in [0, 0.05) is 31.2 Å². The first-order chi connectivity index (χ1) is 10.7. The molecule has 1 fully saturated rings. The number of ether oxygens (including phenoxy) is 1. The Hall–Kier alpha value is -1.57. The number of nitriles is 1. The number of piperazine rings is 1. The van der Waals surface area contributed by atoms with Gasteiger partial charge in [0.15, 0.2) is 0 Å². The van der Waals surface area contributed by atoms with Crippen molar-refractivity contribution < 1.29 is 4.74 Å². The molecular weight excluding hydrogens is 274 g/mol. The molecule has 0 saturated carbocycles. The summed E-state index contributed by atoms with van der Waals surface area (Å²) in [5.74, 6) is 0.837. The van der Waals surface area contributed by atoms with Crippen LogP contribution in [-0.4, -0.2) is 48.6 Å². The smallest absolute Gasteiger partial charge is 0.127 e. The number of likely N-dealkylation sites (N-methyl/N-ethyl adjacent to an activating group) is 1. The van der Waals surface area contributed by atoms with Crippen molar-refractivity contribution in [2.75, 3.05) is 32.8 Å². The van der Waals surface area contributed by atoms with Crippen molar-refractivity contribution in [3.8, 4) is 11.8 Å². The van der Waals surface area contributed by atoms with Gasteiger partial charge in [-0.25, -0.2) is 0 Å². The average molecular weight is 301 g/mol. The van der Waals surface area contributed by atoms with E-state index >= 15 is 0 Å². The molecular formula is C18H27N3O. The van der Waals surface area contributed by atoms with Crippen LogP contribution < -0.4 is 4.74 Å². The minimum absolute atomic E-state index is 0.230. The third-order valence-electron chi connectivity index (χ3n) is 4.50. The molecule has 4 heteroatoms. The molecule has 1 aliphatic rings. The number of hydrogen-bond acceptors (Lipinski definition) is 4. The van der Waals surface area contributed by atoms with E-state index in [-0.39, 0.29) is 6.04 Å². The van der Waals surface area contributed by atoms with Gasteiger partial charge >= 0.3 is 0 Å². The predicted octanol–water partition coefficient (Wildman–Crippen LogP) is 3.07. The first kappa shape index (κ1) is 16.8. The van der Waals surface area contributed by atoms with Gasteiger partial charge < -0.3 is 9.64 Å². The van der Waals surface area contributed by atoms with E-state index in [0.717, 1.165) is 43.9 Å². The Kier molecular flexibility index (Phi) is 6.23. The summed E-state index contributed by atoms with van der Waals surface area (Å²) in [5.41, 5.74) is 0.996. The molecule has 0 aliphatic carbocycles. The van der Waals surface area contributed by atoms with E-state index in [1.807, 2.05) is 31.2 Å². The van der Waals surface area contributed by atoms with Crippen LogP contribution >= 0.6 is 0 Å². The molecule has 1 aromatic carbocycles. The lowest BCUT2D eigenvalue weighted by Gasteiger charge is -2.43. The van der Waals surface area contributed by atoms with Crippen LogP contribution in [0.2, 0.25) is 0 Å². The zero-order chi connectivity index (χ0) is 15.9. The maximum atomic E-state index is 9.80. The topological polar surface area (TPSA) is 39.5 Å². The molecule has 0 aromatic heterocycles. The second-order valence-electron chi connectivity index (χ2n) is 5.70. The van der Waals surface area contributed by atoms with Gasteiger partial charge in [0.2, 0.25) is 0 Å². The summed E-state index contributed by atoms with van der Waals surface area (Å²) in [6.45, 7) is 11.1. The van der Waals surface area contributed by atoms with E-state index in [4.69, 9.17) is 4.74 Å². The molecule has 1 heterocycles. The lowest BCUT2D eigenvalue weighted by molar-refractivity contribution is 0.0561. The van der Waals surface area contributed by atoms with Gasteiger partial charge in [-0.15, -0.1) is 0 Å². The summed E-state index contributed by atoms with van der Waals surface area (Å²) in [6, 6.07) is 10.7. The monoisotopic (exact) mass is 301 g/mol. The number of para-hydroxylation sites is 1. The van der Waals surface area contributed by atoms with Crippen molar-refractivity contribution in [1.29, 1.82) is 5.26 Å². The third-order valence-corrected chi connectivity index (χ3v) is 4.50. The largest absolute Gasteiger partial charge is 0.493 e. The highest BCUT2D eigenvalue weighted by Gasteiger charge is 2.32. The second kappa shape index (κ2) is 8.17. The molecule has 2 atom stereocenters. The highest BCUT2D eigenvalue weighted by Crippen LogP contribution is 2.32. The normalized spacial score (nSPS) is 21.3. The molecule has 1 aromatic rings. The summed E-state index contributed by atoms with van der Waals surface area (Å²) in [6.07, 6.45) is 1.06. The van der Waals surface area contributed by atoms with E-state index in [0.29, 0.717) is 12.6 Å². The molecule has 0 amide bonds. The summed E-state index contributed by atoms with van der Waals surface area (Å²) < 4.78 is 5.73. The van der Waals surface area contributed by atoms with Crippen LogP contribution in [0.15, 0.2) is 24.3 Å². The van der Waals surface area contributed by atoms with Crippen LogP contribution in [0.3, 0.4) is 0 Å². The molecule has 4 nitrogen and oxygen atoms in total. The highest BCUT2D eigenvalue weighted by molar-refractivity contribution is 5.39. The Morgan fingerprint density at radius 1 is 1.27 bits per heavy atom. The van der Waals surface area contributed by atoms with Crippen LogP contribution in [0.5, 0.6) is 5.75 Å². The van der Waals surface area contributed by atoms with E-state index in [1.54, 1.807) is 0 Å². The molecule has 120 valence electrons. The van der Waals surface area contributed by atoms with E-state index in [1.165, 1.54) is 0 Å². The zero-order valence-corrected chi connectivity index (χ0v) is 14.0. The number of rotatable bonds is 6. The summed E-state index contributed by atoms with van der Waals surface area (Å²) >= 11 is 0. The molecule has 1 saturated heterocycles. The molecule has 2 rings (SSSR count). The Morgan fingerprint density at radius 2 is 2.05 bits per heavy atom. The SMILES string of the molecule is CCOc1ccccc1C(C#N)N1CCN(CC)CC1CC. The zero-order valence-electron chi connectivity index (χ0n) is 14.0. The lowest BCUT2D eigenvalue weighted by atomic mass is 10.00. The molecule has 0 radical (unpaired) electrons. The Labute approximate surface area is 134 Å². The molecule has 2 unspecified atom stereocenters. The highest BCUT2D eigenvalue weighted by atomic mass is 16.5. The van der Waals surface area contributed by atoms with E-state index in [9.17, 15) is 5.26 Å². The van der Waals surface area contributed by atoms with Gasteiger partial charge in [-0.1, -0.05) is 32.0 Å². The van der Waals surface area contributed by atoms with Crippen molar-refractivity contribution in [1.82, 2.24) is 9.80 Å². The summed E-state index contributed by atoms with van der Waals surface area (Å²) in [4.78, 5) is 4.82. The van der Waals surface area contributed by atoms with Gasteiger partial charge in [-0.2, -0.15) is 5.26 Å². The van der Waals surface area contributed by atoms with E-state index in [2.05, 4.69) is 29.7 Å². The predicted molar refractivity (Wildman–Crippen MR) is 88.9 cm³/mol. The van der Waals surface area contributed by atoms with Crippen LogP contribution in [0.4, 0.5) is 0 Å². The molecule has 0 N–H and O–H groups in total. The first-order valence-electron chi connectivity index (χ1n) is 8.34. The van der Waals surface area contributed by atoms with Gasteiger partial charge in [-0.3, -0.25) is 4.90 Å². The van der Waals surface area contributed by atoms with Gasteiger partial charge in [-0.05, 0) is 26.0 Å². The van der Waals surface area contributed by atoms with Gasteiger partial charge in [0.1, 0.15) is 11.8 Å². The van der Waals surface area contributed by atoms with Crippen molar-refractivity contribution >= 4 is 0 Å². The lowest BCUT2D eigenvalue weighted by Crippen LogP contribution is -2.53. The quantitative estimate of drug-likeness (QED) is 0.809. The van der Waals surface area contributed by atoms with Gasteiger partial charge in [0.25, 0.3) is 0 Å². The number of hydrogen-bond donors (Lipinski definition) is 0. The third kappa shape index (κ3) is 3.60. The molecule has 1 aliphatic heterocycles. The van der Waals surface area contributed by atoms with Crippen LogP contribution in [-0.2, 0) is 0 Å². The standard InChI is InChI=1S/C18H27N3O/c1-4-15-14-20(5-2)11-12-21(15)17(13-19)16-9-7-8-10-18(16)22-6-3/h7-10,15,17H,4-6,11-12,14H2,1-3H3. The molecule has 22 heavy (non-hydrogen) atoms. The van der Waals surface area contributed by atoms with Crippen molar-refractivity contribution in [2.24, 2.45) is 0 Å². The minimum Gasteiger partial charge on any atom is -0.493 e. The Balaban J connectivity index is 2.26. The van der Waals surface area contributed by atoms with Crippen molar-refractivity contribution in [2.45, 2.75) is 39.3 Å². The Morgan fingerprint density at radius 3 is 2.68 bits per heavy atom. The van der Waals surface area contributed by atoms with Gasteiger partial charge in [0.05, 0.1) is 12.7 Å². The maximum Gasteiger partial charge on any atom is 0.127 e. The number of benzene rings is 1. The van der Waals surface area contributed by atoms with Crippen molar-refractivity contribution in [3.63, 3.8) is 0 Å². The van der Waals surface area contributed by atoms with Crippen LogP contribution in [0, 0.1) is 11.3 Å². The molecule has 0 bridgehead atoms. The summed E-state index contributed by atoms with van der Waals surface area (Å²) in [7, 11) is 0. The van der Waals surface area contributed by atoms with Crippen molar-refractivity contribution in [3.05, 3.63) is 29.8 Å². The summed E-state index contributed by atoms with van der Waals surface area (Å²) in [5, 5.41) is 9.80. The van der Waals surface area contributed by atoms with Crippen LogP contribution in [0.25, 0.3) is 0 Å². The minimum atomic E-state index is -0.230. The maximum absolute atomic E-state index is 9.80. The Bertz CT molecular complexity index is 511. The molecule has 0 spiro atoms. The second-order valence-corrected chi connectivity index (χ2v) is 5.70. The number of nitrogens with zero attached hydrogens (tertiary/aromatic N) is 3. The average Bonchev–Trinajstić information content (AvgIpc) is 2.57. The fourth-order valence-corrected chi connectivity index (χ4v) is 3.24. The van der Waals surface area contributed by atoms with Crippen LogP contribution in [0.1, 0.15) is 38.8 Å².